The highest BCUT2D eigenvalue weighted by molar-refractivity contribution is 4.71. The second kappa shape index (κ2) is 7.17. The van der Waals surface area contributed by atoms with E-state index in [1.165, 1.54) is 0 Å². The van der Waals surface area contributed by atoms with E-state index in [4.69, 9.17) is 9.47 Å². The zero-order valence-electron chi connectivity index (χ0n) is 9.21. The lowest BCUT2D eigenvalue weighted by molar-refractivity contribution is 0.0135. The van der Waals surface area contributed by atoms with Crippen LogP contribution in [0.15, 0.2) is 0 Å². The highest BCUT2D eigenvalue weighted by Crippen LogP contribution is 2.01. The minimum atomic E-state index is 0.392. The van der Waals surface area contributed by atoms with Crippen LogP contribution in [0.4, 0.5) is 0 Å². The molecular formula is C10H22N2O2. The Labute approximate surface area is 86.3 Å². The molecule has 2 aliphatic rings. The maximum Gasteiger partial charge on any atom is 0.0697 e. The Kier molecular flexibility index (Phi) is 6.10. The first kappa shape index (κ1) is 11.9. The quantitative estimate of drug-likeness (QED) is 0.580. The van der Waals surface area contributed by atoms with Crippen molar-refractivity contribution in [2.45, 2.75) is 26.0 Å². The number of rotatable bonds is 0. The number of hydrogen-bond acceptors (Lipinski definition) is 4. The van der Waals surface area contributed by atoms with Gasteiger partial charge >= 0.3 is 0 Å². The van der Waals surface area contributed by atoms with Gasteiger partial charge in [-0.2, -0.15) is 0 Å². The van der Waals surface area contributed by atoms with Crippen molar-refractivity contribution in [3.05, 3.63) is 0 Å². The molecule has 4 heteroatoms. The molecule has 2 rings (SSSR count). The Hall–Kier alpha value is -0.160. The van der Waals surface area contributed by atoms with Crippen molar-refractivity contribution in [2.75, 3.05) is 39.5 Å². The first-order valence-electron chi connectivity index (χ1n) is 5.44. The third-order valence-corrected chi connectivity index (χ3v) is 2.50. The van der Waals surface area contributed by atoms with E-state index in [9.17, 15) is 0 Å². The molecule has 2 saturated heterocycles. The standard InChI is InChI=1S/C6H13NO.C4H9NO/c1-5-6(2)8-4-3-7-5;1-3-6-4-2-5-1/h5-7H,3-4H2,1-2H3;5H,1-4H2. The number of hydrogen-bond donors (Lipinski definition) is 2. The SMILES string of the molecule is C1COCCN1.CC1NCCOC1C. The van der Waals surface area contributed by atoms with Crippen LogP contribution in [0.1, 0.15) is 13.8 Å². The highest BCUT2D eigenvalue weighted by atomic mass is 16.5. The lowest BCUT2D eigenvalue weighted by atomic mass is 10.2. The van der Waals surface area contributed by atoms with E-state index in [1.54, 1.807) is 0 Å². The first-order valence-corrected chi connectivity index (χ1v) is 5.44. The van der Waals surface area contributed by atoms with Crippen molar-refractivity contribution >= 4 is 0 Å². The van der Waals surface area contributed by atoms with E-state index in [1.807, 2.05) is 0 Å². The van der Waals surface area contributed by atoms with E-state index in [0.29, 0.717) is 12.1 Å². The molecule has 14 heavy (non-hydrogen) atoms. The lowest BCUT2D eigenvalue weighted by Gasteiger charge is -2.26. The minimum absolute atomic E-state index is 0.392. The molecule has 0 saturated carbocycles. The van der Waals surface area contributed by atoms with Gasteiger partial charge in [-0.3, -0.25) is 0 Å². The van der Waals surface area contributed by atoms with Gasteiger partial charge in [0.25, 0.3) is 0 Å². The molecule has 2 heterocycles. The van der Waals surface area contributed by atoms with Crippen LogP contribution in [0.5, 0.6) is 0 Å². The molecule has 4 nitrogen and oxygen atoms in total. The van der Waals surface area contributed by atoms with Gasteiger partial charge in [-0.25, -0.2) is 0 Å². The van der Waals surface area contributed by atoms with Gasteiger partial charge < -0.3 is 20.1 Å². The molecule has 0 aromatic heterocycles. The van der Waals surface area contributed by atoms with Gasteiger partial charge in [-0.05, 0) is 13.8 Å². The molecule has 0 bridgehead atoms. The van der Waals surface area contributed by atoms with Gasteiger partial charge in [0.15, 0.2) is 0 Å². The van der Waals surface area contributed by atoms with Crippen molar-refractivity contribution < 1.29 is 9.47 Å². The fourth-order valence-electron chi connectivity index (χ4n) is 1.36. The molecule has 0 spiro atoms. The van der Waals surface area contributed by atoms with Crippen molar-refractivity contribution in [1.82, 2.24) is 10.6 Å². The summed E-state index contributed by atoms with van der Waals surface area (Å²) < 4.78 is 10.3. The topological polar surface area (TPSA) is 42.5 Å². The van der Waals surface area contributed by atoms with E-state index >= 15 is 0 Å². The predicted octanol–water partition coefficient (Wildman–Crippen LogP) is -0.0106. The Morgan fingerprint density at radius 2 is 1.71 bits per heavy atom. The summed E-state index contributed by atoms with van der Waals surface area (Å²) >= 11 is 0. The maximum absolute atomic E-state index is 5.33. The Bertz CT molecular complexity index is 119. The van der Waals surface area contributed by atoms with E-state index in [-0.39, 0.29) is 0 Å². The summed E-state index contributed by atoms with van der Waals surface area (Å²) in [5, 5.41) is 6.47. The molecule has 84 valence electrons. The van der Waals surface area contributed by atoms with Crippen molar-refractivity contribution in [2.24, 2.45) is 0 Å². The van der Waals surface area contributed by atoms with Crippen LogP contribution in [0.3, 0.4) is 0 Å². The van der Waals surface area contributed by atoms with E-state index in [2.05, 4.69) is 24.5 Å². The maximum atomic E-state index is 5.33. The van der Waals surface area contributed by atoms with Gasteiger partial charge in [0.05, 0.1) is 25.9 Å². The minimum Gasteiger partial charge on any atom is -0.379 e. The molecule has 2 unspecified atom stereocenters. The molecule has 0 aromatic rings. The summed E-state index contributed by atoms with van der Waals surface area (Å²) in [6.07, 6.45) is 0.392. The summed E-state index contributed by atoms with van der Waals surface area (Å²) in [5.41, 5.74) is 0. The van der Waals surface area contributed by atoms with Crippen molar-refractivity contribution in [1.29, 1.82) is 0 Å². The first-order chi connectivity index (χ1) is 6.80. The molecule has 2 atom stereocenters. The van der Waals surface area contributed by atoms with Crippen LogP contribution in [-0.2, 0) is 9.47 Å². The zero-order valence-corrected chi connectivity index (χ0v) is 9.21. The van der Waals surface area contributed by atoms with Crippen LogP contribution in [0.25, 0.3) is 0 Å². The largest absolute Gasteiger partial charge is 0.379 e. The van der Waals surface area contributed by atoms with Crippen LogP contribution in [0.2, 0.25) is 0 Å². The number of morpholine rings is 2. The Balaban J connectivity index is 0.000000146. The Morgan fingerprint density at radius 3 is 2.00 bits per heavy atom. The van der Waals surface area contributed by atoms with Crippen molar-refractivity contribution in [3.8, 4) is 0 Å². The molecule has 0 aliphatic carbocycles. The van der Waals surface area contributed by atoms with Gasteiger partial charge in [-0.15, -0.1) is 0 Å². The summed E-state index contributed by atoms with van der Waals surface area (Å²) in [6.45, 7) is 9.94. The average Bonchev–Trinajstić information content (AvgIpc) is 2.26. The highest BCUT2D eigenvalue weighted by Gasteiger charge is 2.15. The molecule has 0 aromatic carbocycles. The predicted molar refractivity (Wildman–Crippen MR) is 56.6 cm³/mol. The fraction of sp³-hybridized carbons (Fsp3) is 1.00. The molecule has 0 radical (unpaired) electrons. The normalized spacial score (nSPS) is 33.0. The van der Waals surface area contributed by atoms with Gasteiger partial charge in [0.2, 0.25) is 0 Å². The van der Waals surface area contributed by atoms with Gasteiger partial charge in [0, 0.05) is 25.7 Å². The molecule has 2 aliphatic heterocycles. The lowest BCUT2D eigenvalue weighted by Crippen LogP contribution is -2.44. The summed E-state index contributed by atoms with van der Waals surface area (Å²) in [5.74, 6) is 0. The van der Waals surface area contributed by atoms with E-state index < -0.39 is 0 Å². The van der Waals surface area contributed by atoms with Crippen molar-refractivity contribution in [3.63, 3.8) is 0 Å². The second-order valence-electron chi connectivity index (χ2n) is 3.68. The van der Waals surface area contributed by atoms with Gasteiger partial charge in [-0.1, -0.05) is 0 Å². The summed E-state index contributed by atoms with van der Waals surface area (Å²) in [7, 11) is 0. The van der Waals surface area contributed by atoms with Crippen LogP contribution >= 0.6 is 0 Å². The van der Waals surface area contributed by atoms with Crippen LogP contribution < -0.4 is 10.6 Å². The van der Waals surface area contributed by atoms with Crippen LogP contribution in [0, 0.1) is 0 Å². The molecule has 0 amide bonds. The zero-order chi connectivity index (χ0) is 10.2. The monoisotopic (exact) mass is 202 g/mol. The smallest absolute Gasteiger partial charge is 0.0697 e. The molecular weight excluding hydrogens is 180 g/mol. The second-order valence-corrected chi connectivity index (χ2v) is 3.68. The van der Waals surface area contributed by atoms with E-state index in [0.717, 1.165) is 39.5 Å². The fourth-order valence-corrected chi connectivity index (χ4v) is 1.36. The molecule has 2 fully saturated rings. The van der Waals surface area contributed by atoms with Gasteiger partial charge in [0.1, 0.15) is 0 Å². The number of ether oxygens (including phenoxy) is 2. The summed E-state index contributed by atoms with van der Waals surface area (Å²) in [4.78, 5) is 0. The average molecular weight is 202 g/mol. The Morgan fingerprint density at radius 1 is 1.00 bits per heavy atom. The summed E-state index contributed by atoms with van der Waals surface area (Å²) in [6, 6.07) is 0.531. The third-order valence-electron chi connectivity index (χ3n) is 2.50. The molecule has 2 N–H and O–H groups in total. The third kappa shape index (κ3) is 4.91. The number of nitrogens with one attached hydrogen (secondary N) is 2. The van der Waals surface area contributed by atoms with Crippen LogP contribution in [-0.4, -0.2) is 51.6 Å².